The van der Waals surface area contributed by atoms with E-state index in [1.165, 1.54) is 36.4 Å². The Bertz CT molecular complexity index is 1340. The lowest BCUT2D eigenvalue weighted by atomic mass is 9.71. The monoisotopic (exact) mass is 542 g/mol. The van der Waals surface area contributed by atoms with Gasteiger partial charge in [-0.05, 0) is 96.2 Å². The molecule has 0 unspecified atom stereocenters. The fourth-order valence-corrected chi connectivity index (χ4v) is 6.55. The number of ether oxygens (including phenoxy) is 2. The molecule has 0 bridgehead atoms. The van der Waals surface area contributed by atoms with Gasteiger partial charge in [0.05, 0.1) is 6.10 Å². The molecular weight excluding hydrogens is 512 g/mol. The highest BCUT2D eigenvalue weighted by molar-refractivity contribution is 5.78. The number of fused-ring (bicyclic) bond motifs is 1. The Kier molecular flexibility index (Phi) is 6.58. The second-order valence-corrected chi connectivity index (χ2v) is 11.0. The average molecular weight is 543 g/mol. The molecule has 206 valence electrons. The van der Waals surface area contributed by atoms with Crippen molar-refractivity contribution in [3.8, 4) is 22.6 Å². The highest BCUT2D eigenvalue weighted by Gasteiger charge is 2.47. The van der Waals surface area contributed by atoms with E-state index in [1.807, 2.05) is 6.07 Å². The summed E-state index contributed by atoms with van der Waals surface area (Å²) < 4.78 is 62.7. The smallest absolute Gasteiger partial charge is 0.487 e. The molecule has 3 aromatic rings. The van der Waals surface area contributed by atoms with Gasteiger partial charge in [0.2, 0.25) is 0 Å². The molecule has 2 N–H and O–H groups in total. The third-order valence-electron chi connectivity index (χ3n) is 8.52. The topological polar surface area (TPSA) is 58.9 Å². The quantitative estimate of drug-likeness (QED) is 0.322. The lowest BCUT2D eigenvalue weighted by Gasteiger charge is -2.48. The van der Waals surface area contributed by atoms with E-state index in [9.17, 15) is 27.8 Å². The predicted octanol–water partition coefficient (Wildman–Crippen LogP) is 7.87. The van der Waals surface area contributed by atoms with Crippen molar-refractivity contribution in [1.82, 2.24) is 0 Å². The molecule has 2 saturated carbocycles. The zero-order valence-corrected chi connectivity index (χ0v) is 21.3. The summed E-state index contributed by atoms with van der Waals surface area (Å²) in [5, 5.41) is 23.3. The number of hydrogen-bond acceptors (Lipinski definition) is 4. The Balaban J connectivity index is 1.54. The van der Waals surface area contributed by atoms with Crippen LogP contribution in [0.5, 0.6) is 11.5 Å². The second-order valence-electron chi connectivity index (χ2n) is 11.0. The standard InChI is InChI=1S/C31H30F4O4/c32-21-10-6-19(7-11-21)26-27(29(37)20-8-12-22(13-9-20)38-31(33,34)35)23(18-4-1-2-5-18)16-25-28(26)24(36)17-30(39-25)14-3-15-30/h6-13,16,18,24,29,36-37H,1-5,14-15,17H2/t24-,29+/m0/s1. The summed E-state index contributed by atoms with van der Waals surface area (Å²) in [5.74, 6) is -0.0491. The van der Waals surface area contributed by atoms with Gasteiger partial charge in [-0.2, -0.15) is 0 Å². The van der Waals surface area contributed by atoms with E-state index in [2.05, 4.69) is 4.74 Å². The third-order valence-corrected chi connectivity index (χ3v) is 8.52. The lowest BCUT2D eigenvalue weighted by Crippen LogP contribution is -2.47. The van der Waals surface area contributed by atoms with Crippen molar-refractivity contribution in [2.24, 2.45) is 0 Å². The van der Waals surface area contributed by atoms with E-state index in [0.29, 0.717) is 40.0 Å². The van der Waals surface area contributed by atoms with Crippen LogP contribution in [0.25, 0.3) is 11.1 Å². The highest BCUT2D eigenvalue weighted by Crippen LogP contribution is 2.55. The van der Waals surface area contributed by atoms with Crippen LogP contribution in [0.15, 0.2) is 54.6 Å². The largest absolute Gasteiger partial charge is 0.573 e. The van der Waals surface area contributed by atoms with Crippen LogP contribution in [-0.4, -0.2) is 22.2 Å². The predicted molar refractivity (Wildman–Crippen MR) is 137 cm³/mol. The van der Waals surface area contributed by atoms with E-state index in [4.69, 9.17) is 4.74 Å². The van der Waals surface area contributed by atoms with Gasteiger partial charge >= 0.3 is 6.36 Å². The Morgan fingerprint density at radius 2 is 1.62 bits per heavy atom. The zero-order valence-electron chi connectivity index (χ0n) is 21.3. The van der Waals surface area contributed by atoms with Gasteiger partial charge in [0.15, 0.2) is 0 Å². The third kappa shape index (κ3) is 5.00. The molecule has 4 nitrogen and oxygen atoms in total. The molecule has 2 atom stereocenters. The molecule has 8 heteroatoms. The first-order chi connectivity index (χ1) is 18.6. The summed E-state index contributed by atoms with van der Waals surface area (Å²) in [6.45, 7) is 0. The number of benzene rings is 3. The van der Waals surface area contributed by atoms with Gasteiger partial charge in [-0.1, -0.05) is 37.1 Å². The number of alkyl halides is 3. The first kappa shape index (κ1) is 26.1. The van der Waals surface area contributed by atoms with Gasteiger partial charge < -0.3 is 19.7 Å². The van der Waals surface area contributed by atoms with Crippen LogP contribution in [-0.2, 0) is 0 Å². The molecule has 1 spiro atoms. The Labute approximate surface area is 224 Å². The van der Waals surface area contributed by atoms with E-state index in [-0.39, 0.29) is 11.7 Å². The molecule has 0 aromatic heterocycles. The summed E-state index contributed by atoms with van der Waals surface area (Å²) in [6.07, 6.45) is 0.246. The number of hydrogen-bond donors (Lipinski definition) is 2. The van der Waals surface area contributed by atoms with Crippen LogP contribution in [0.3, 0.4) is 0 Å². The van der Waals surface area contributed by atoms with Crippen molar-refractivity contribution in [3.63, 3.8) is 0 Å². The molecule has 2 fully saturated rings. The van der Waals surface area contributed by atoms with Gasteiger partial charge in [-0.15, -0.1) is 13.2 Å². The lowest BCUT2D eigenvalue weighted by molar-refractivity contribution is -0.274. The molecule has 0 amide bonds. The highest BCUT2D eigenvalue weighted by atomic mass is 19.4. The van der Waals surface area contributed by atoms with Crippen LogP contribution in [0.2, 0.25) is 0 Å². The zero-order chi connectivity index (χ0) is 27.4. The Morgan fingerprint density at radius 3 is 2.21 bits per heavy atom. The molecule has 2 aliphatic carbocycles. The first-order valence-electron chi connectivity index (χ1n) is 13.5. The molecule has 3 aromatic carbocycles. The number of halogens is 4. The molecular formula is C31H30F4O4. The average Bonchev–Trinajstić information content (AvgIpc) is 3.41. The SMILES string of the molecule is O[C@H](c1ccc(OC(F)(F)F)cc1)c1c(C2CCCC2)cc2c(c1-c1ccc(F)cc1)[C@@H](O)CC1(CCC1)O2. The normalized spacial score (nSPS) is 21.2. The van der Waals surface area contributed by atoms with Crippen LogP contribution >= 0.6 is 0 Å². The fraction of sp³-hybridized carbons (Fsp3) is 0.419. The van der Waals surface area contributed by atoms with E-state index in [0.717, 1.165) is 50.5 Å². The van der Waals surface area contributed by atoms with E-state index >= 15 is 0 Å². The van der Waals surface area contributed by atoms with Crippen LogP contribution < -0.4 is 9.47 Å². The molecule has 1 aliphatic heterocycles. The van der Waals surface area contributed by atoms with Gasteiger partial charge in [0, 0.05) is 12.0 Å². The van der Waals surface area contributed by atoms with E-state index in [1.54, 1.807) is 12.1 Å². The molecule has 1 heterocycles. The minimum Gasteiger partial charge on any atom is -0.487 e. The molecule has 0 saturated heterocycles. The Morgan fingerprint density at radius 1 is 0.949 bits per heavy atom. The van der Waals surface area contributed by atoms with Gasteiger partial charge in [-0.3, -0.25) is 0 Å². The summed E-state index contributed by atoms with van der Waals surface area (Å²) in [5.41, 5.74) is 3.25. The van der Waals surface area contributed by atoms with Crippen LogP contribution in [0, 0.1) is 5.82 Å². The minimum absolute atomic E-state index is 0.145. The second kappa shape index (κ2) is 9.82. The maximum atomic E-state index is 14.0. The summed E-state index contributed by atoms with van der Waals surface area (Å²) in [6, 6.07) is 13.1. The van der Waals surface area contributed by atoms with Gasteiger partial charge in [0.1, 0.15) is 29.0 Å². The molecule has 3 aliphatic rings. The van der Waals surface area contributed by atoms with Gasteiger partial charge in [-0.25, -0.2) is 4.39 Å². The summed E-state index contributed by atoms with van der Waals surface area (Å²) in [4.78, 5) is 0. The van der Waals surface area contributed by atoms with Crippen molar-refractivity contribution in [2.45, 2.75) is 81.5 Å². The maximum absolute atomic E-state index is 14.0. The summed E-state index contributed by atoms with van der Waals surface area (Å²) >= 11 is 0. The van der Waals surface area contributed by atoms with E-state index < -0.39 is 30.0 Å². The number of rotatable bonds is 5. The van der Waals surface area contributed by atoms with Crippen molar-refractivity contribution in [1.29, 1.82) is 0 Å². The molecule has 6 rings (SSSR count). The van der Waals surface area contributed by atoms with Crippen molar-refractivity contribution < 1.29 is 37.2 Å². The first-order valence-corrected chi connectivity index (χ1v) is 13.5. The Hall–Kier alpha value is -3.10. The van der Waals surface area contributed by atoms with Crippen molar-refractivity contribution in [2.75, 3.05) is 0 Å². The minimum atomic E-state index is -4.82. The van der Waals surface area contributed by atoms with Crippen molar-refractivity contribution in [3.05, 3.63) is 82.7 Å². The fourth-order valence-electron chi connectivity index (χ4n) is 6.55. The number of aliphatic hydroxyl groups is 2. The van der Waals surface area contributed by atoms with Crippen LogP contribution in [0.1, 0.15) is 91.7 Å². The number of aliphatic hydroxyl groups excluding tert-OH is 2. The van der Waals surface area contributed by atoms with Gasteiger partial charge in [0.25, 0.3) is 0 Å². The summed E-state index contributed by atoms with van der Waals surface area (Å²) in [7, 11) is 0. The van der Waals surface area contributed by atoms with Crippen molar-refractivity contribution >= 4 is 0 Å². The molecule has 39 heavy (non-hydrogen) atoms. The maximum Gasteiger partial charge on any atom is 0.573 e. The molecule has 0 radical (unpaired) electrons. The van der Waals surface area contributed by atoms with Crippen LogP contribution in [0.4, 0.5) is 17.6 Å².